The number of nitrogens with one attached hydrogen (secondary N) is 1. The number of H-pyrrole nitrogens is 1. The average molecular weight is 438 g/mol. The molecule has 2 saturated heterocycles. The molecule has 0 saturated carbocycles. The van der Waals surface area contributed by atoms with Crippen molar-refractivity contribution < 1.29 is 0 Å². The van der Waals surface area contributed by atoms with Crippen LogP contribution in [0.1, 0.15) is 42.5 Å². The maximum absolute atomic E-state index is 5.25. The Morgan fingerprint density at radius 2 is 1.88 bits per heavy atom. The fourth-order valence-corrected chi connectivity index (χ4v) is 5.68. The highest BCUT2D eigenvalue weighted by molar-refractivity contribution is 6.13. The minimum atomic E-state index is 0.732. The van der Waals surface area contributed by atoms with Crippen LogP contribution in [0.2, 0.25) is 0 Å². The van der Waals surface area contributed by atoms with Crippen molar-refractivity contribution in [2.24, 2.45) is 0 Å². The third kappa shape index (κ3) is 3.91. The first-order chi connectivity index (χ1) is 16.3. The van der Waals surface area contributed by atoms with Gasteiger partial charge in [-0.15, -0.1) is 0 Å². The SMILES string of the molecule is C=Cc1ccc2c(c1)[nH]c1cc(Cc3cccnc3)nc(N3CCC(N4CCCC4)CC3)c12. The van der Waals surface area contributed by atoms with Gasteiger partial charge in [0.05, 0.1) is 5.52 Å². The molecule has 0 amide bonds. The molecule has 2 fully saturated rings. The maximum atomic E-state index is 5.25. The lowest BCUT2D eigenvalue weighted by atomic mass is 10.0. The Hall–Kier alpha value is -3.18. The van der Waals surface area contributed by atoms with Crippen molar-refractivity contribution >= 4 is 33.7 Å². The van der Waals surface area contributed by atoms with E-state index >= 15 is 0 Å². The normalized spacial score (nSPS) is 17.9. The number of rotatable bonds is 5. The van der Waals surface area contributed by atoms with Crippen molar-refractivity contribution in [2.45, 2.75) is 38.1 Å². The van der Waals surface area contributed by atoms with Crippen molar-refractivity contribution in [1.82, 2.24) is 19.9 Å². The first kappa shape index (κ1) is 20.4. The molecule has 168 valence electrons. The number of nitrogens with zero attached hydrogens (tertiary/aromatic N) is 4. The van der Waals surface area contributed by atoms with Gasteiger partial charge in [-0.25, -0.2) is 4.98 Å². The van der Waals surface area contributed by atoms with E-state index in [1.807, 2.05) is 24.5 Å². The molecule has 0 atom stereocenters. The highest BCUT2D eigenvalue weighted by Gasteiger charge is 2.28. The number of likely N-dealkylation sites (tertiary alicyclic amines) is 1. The van der Waals surface area contributed by atoms with Crippen molar-refractivity contribution in [3.8, 4) is 0 Å². The first-order valence-corrected chi connectivity index (χ1v) is 12.2. The lowest BCUT2D eigenvalue weighted by molar-refractivity contribution is 0.208. The highest BCUT2D eigenvalue weighted by Crippen LogP contribution is 2.36. The summed E-state index contributed by atoms with van der Waals surface area (Å²) >= 11 is 0. The standard InChI is InChI=1S/C28H31N5/c1-2-20-7-8-24-25(17-20)31-26-18-22(16-21-6-5-11-29-19-21)30-28(27(24)26)33-14-9-23(10-15-33)32-12-3-4-13-32/h2,5-8,11,17-19,23,31H,1,3-4,9-10,12-16H2. The second kappa shape index (κ2) is 8.64. The van der Waals surface area contributed by atoms with Crippen molar-refractivity contribution in [3.05, 3.63) is 72.2 Å². The van der Waals surface area contributed by atoms with Crippen LogP contribution >= 0.6 is 0 Å². The summed E-state index contributed by atoms with van der Waals surface area (Å²) < 4.78 is 0. The summed E-state index contributed by atoms with van der Waals surface area (Å²) in [6, 6.07) is 13.6. The molecule has 3 aromatic heterocycles. The molecule has 4 aromatic rings. The summed E-state index contributed by atoms with van der Waals surface area (Å²) in [5.74, 6) is 1.13. The molecule has 5 heteroatoms. The van der Waals surface area contributed by atoms with E-state index in [2.05, 4.69) is 56.7 Å². The number of aromatic nitrogens is 3. The molecule has 6 rings (SSSR count). The minimum absolute atomic E-state index is 0.732. The molecule has 1 aromatic carbocycles. The minimum Gasteiger partial charge on any atom is -0.356 e. The fourth-order valence-electron chi connectivity index (χ4n) is 5.68. The quantitative estimate of drug-likeness (QED) is 0.454. The van der Waals surface area contributed by atoms with Gasteiger partial charge in [0.15, 0.2) is 0 Å². The predicted octanol–water partition coefficient (Wildman–Crippen LogP) is 5.41. The number of fused-ring (bicyclic) bond motifs is 3. The Labute approximate surface area is 195 Å². The molecule has 0 aliphatic carbocycles. The third-order valence-corrected chi connectivity index (χ3v) is 7.40. The van der Waals surface area contributed by atoms with Gasteiger partial charge in [-0.2, -0.15) is 0 Å². The number of aromatic amines is 1. The zero-order chi connectivity index (χ0) is 22.2. The molecule has 2 aliphatic rings. The fraction of sp³-hybridized carbons (Fsp3) is 0.357. The lowest BCUT2D eigenvalue weighted by Gasteiger charge is -2.37. The van der Waals surface area contributed by atoms with Gasteiger partial charge in [-0.05, 0) is 68.1 Å². The van der Waals surface area contributed by atoms with Crippen LogP contribution in [0, 0.1) is 0 Å². The van der Waals surface area contributed by atoms with E-state index in [-0.39, 0.29) is 0 Å². The summed E-state index contributed by atoms with van der Waals surface area (Å²) in [5, 5.41) is 2.49. The van der Waals surface area contributed by atoms with Crippen LogP contribution in [-0.2, 0) is 6.42 Å². The molecular formula is C28H31N5. The summed E-state index contributed by atoms with van der Waals surface area (Å²) in [7, 11) is 0. The van der Waals surface area contributed by atoms with Crippen LogP contribution in [0.25, 0.3) is 27.9 Å². The summed E-state index contributed by atoms with van der Waals surface area (Å²) in [4.78, 5) is 18.5. The Morgan fingerprint density at radius 1 is 1.03 bits per heavy atom. The molecule has 0 bridgehead atoms. The molecule has 2 aliphatic heterocycles. The Kier molecular flexibility index (Phi) is 5.35. The zero-order valence-corrected chi connectivity index (χ0v) is 19.1. The van der Waals surface area contributed by atoms with Crippen LogP contribution < -0.4 is 4.90 Å². The maximum Gasteiger partial charge on any atom is 0.138 e. The van der Waals surface area contributed by atoms with E-state index in [1.54, 1.807) is 0 Å². The largest absolute Gasteiger partial charge is 0.356 e. The van der Waals surface area contributed by atoms with Crippen LogP contribution in [0.4, 0.5) is 5.82 Å². The van der Waals surface area contributed by atoms with Crippen LogP contribution in [0.3, 0.4) is 0 Å². The molecule has 5 heterocycles. The van der Waals surface area contributed by atoms with Crippen LogP contribution in [-0.4, -0.2) is 52.1 Å². The molecule has 0 spiro atoms. The number of piperidine rings is 1. The van der Waals surface area contributed by atoms with Crippen LogP contribution in [0.5, 0.6) is 0 Å². The average Bonchev–Trinajstić information content (AvgIpc) is 3.52. The Balaban J connectivity index is 1.40. The molecule has 5 nitrogen and oxygen atoms in total. The van der Waals surface area contributed by atoms with Crippen molar-refractivity contribution in [3.63, 3.8) is 0 Å². The van der Waals surface area contributed by atoms with Gasteiger partial charge in [-0.3, -0.25) is 4.98 Å². The van der Waals surface area contributed by atoms with E-state index in [0.717, 1.165) is 53.7 Å². The van der Waals surface area contributed by atoms with Gasteiger partial charge in [0.2, 0.25) is 0 Å². The zero-order valence-electron chi connectivity index (χ0n) is 19.1. The highest BCUT2D eigenvalue weighted by atomic mass is 15.2. The van der Waals surface area contributed by atoms with Gasteiger partial charge < -0.3 is 14.8 Å². The Morgan fingerprint density at radius 3 is 2.64 bits per heavy atom. The topological polar surface area (TPSA) is 48.1 Å². The summed E-state index contributed by atoms with van der Waals surface area (Å²) in [6.45, 7) is 8.63. The number of anilines is 1. The van der Waals surface area contributed by atoms with E-state index in [0.29, 0.717) is 0 Å². The van der Waals surface area contributed by atoms with Gasteiger partial charge in [-0.1, -0.05) is 30.9 Å². The van der Waals surface area contributed by atoms with E-state index < -0.39 is 0 Å². The van der Waals surface area contributed by atoms with E-state index in [9.17, 15) is 0 Å². The van der Waals surface area contributed by atoms with Gasteiger partial charge >= 0.3 is 0 Å². The number of pyridine rings is 2. The Bertz CT molecular complexity index is 1280. The molecule has 33 heavy (non-hydrogen) atoms. The summed E-state index contributed by atoms with van der Waals surface area (Å²) in [6.07, 6.45) is 11.6. The van der Waals surface area contributed by atoms with Crippen molar-refractivity contribution in [1.29, 1.82) is 0 Å². The predicted molar refractivity (Wildman–Crippen MR) is 137 cm³/mol. The van der Waals surface area contributed by atoms with E-state index in [1.165, 1.54) is 55.1 Å². The van der Waals surface area contributed by atoms with Gasteiger partial charge in [0.1, 0.15) is 5.82 Å². The number of hydrogen-bond donors (Lipinski definition) is 1. The molecule has 1 N–H and O–H groups in total. The smallest absolute Gasteiger partial charge is 0.138 e. The van der Waals surface area contributed by atoms with Gasteiger partial charge in [0, 0.05) is 59.9 Å². The van der Waals surface area contributed by atoms with Crippen molar-refractivity contribution in [2.75, 3.05) is 31.1 Å². The van der Waals surface area contributed by atoms with Gasteiger partial charge in [0.25, 0.3) is 0 Å². The van der Waals surface area contributed by atoms with Crippen LogP contribution in [0.15, 0.2) is 55.4 Å². The third-order valence-electron chi connectivity index (χ3n) is 7.40. The number of benzene rings is 1. The lowest BCUT2D eigenvalue weighted by Crippen LogP contribution is -2.44. The second-order valence-electron chi connectivity index (χ2n) is 9.49. The number of hydrogen-bond acceptors (Lipinski definition) is 4. The molecular weight excluding hydrogens is 406 g/mol. The summed E-state index contributed by atoms with van der Waals surface area (Å²) in [5.41, 5.74) is 5.72. The first-order valence-electron chi connectivity index (χ1n) is 12.2. The molecule has 0 radical (unpaired) electrons. The second-order valence-corrected chi connectivity index (χ2v) is 9.49. The monoisotopic (exact) mass is 437 g/mol. The molecule has 0 unspecified atom stereocenters. The van der Waals surface area contributed by atoms with E-state index in [4.69, 9.17) is 4.98 Å².